The molecule has 0 aromatic heterocycles. The van der Waals surface area contributed by atoms with Gasteiger partial charge in [-0.15, -0.1) is 11.8 Å². The fraction of sp³-hybridized carbons (Fsp3) is 0.263. The van der Waals surface area contributed by atoms with Gasteiger partial charge in [-0.1, -0.05) is 29.8 Å². The number of nitrogens with zero attached hydrogens (tertiary/aromatic N) is 1. The number of nitriles is 1. The molecule has 2 rings (SSSR count). The van der Waals surface area contributed by atoms with Crippen molar-refractivity contribution in [2.45, 2.75) is 24.8 Å². The lowest BCUT2D eigenvalue weighted by molar-refractivity contribution is -0.127. The first-order valence-electron chi connectivity index (χ1n) is 7.73. The van der Waals surface area contributed by atoms with Gasteiger partial charge >= 0.3 is 0 Å². The SMILES string of the molecule is Cc1ccc(SCCNC(=O)C(C)Oc2ccccc2C#N)cc1. The molecule has 1 N–H and O–H groups in total. The molecular formula is C19H20N2O2S. The Morgan fingerprint density at radius 1 is 1.25 bits per heavy atom. The number of para-hydroxylation sites is 1. The van der Waals surface area contributed by atoms with Gasteiger partial charge in [-0.2, -0.15) is 5.26 Å². The standard InChI is InChI=1S/C19H20N2O2S/c1-14-7-9-17(10-8-14)24-12-11-21-19(22)15(2)23-18-6-4-3-5-16(18)13-20/h3-10,15H,11-12H2,1-2H3,(H,21,22). The Bertz CT molecular complexity index is 723. The van der Waals surface area contributed by atoms with E-state index in [1.165, 1.54) is 10.5 Å². The molecule has 0 radical (unpaired) electrons. The number of aryl methyl sites for hydroxylation is 1. The van der Waals surface area contributed by atoms with E-state index >= 15 is 0 Å². The van der Waals surface area contributed by atoms with E-state index in [1.54, 1.807) is 43.0 Å². The third-order valence-corrected chi connectivity index (χ3v) is 4.39. The van der Waals surface area contributed by atoms with Crippen molar-refractivity contribution in [1.82, 2.24) is 5.32 Å². The topological polar surface area (TPSA) is 62.1 Å². The second-order valence-electron chi connectivity index (χ2n) is 5.32. The van der Waals surface area contributed by atoms with E-state index < -0.39 is 6.10 Å². The molecule has 1 amide bonds. The van der Waals surface area contributed by atoms with Crippen LogP contribution in [0.4, 0.5) is 0 Å². The number of carbonyl (C=O) groups is 1. The summed E-state index contributed by atoms with van der Waals surface area (Å²) in [5.41, 5.74) is 1.66. The van der Waals surface area contributed by atoms with Gasteiger partial charge in [0.15, 0.2) is 6.10 Å². The number of benzene rings is 2. The monoisotopic (exact) mass is 340 g/mol. The van der Waals surface area contributed by atoms with Gasteiger partial charge in [0.05, 0.1) is 5.56 Å². The molecule has 0 aliphatic carbocycles. The number of amides is 1. The van der Waals surface area contributed by atoms with E-state index in [1.807, 2.05) is 0 Å². The van der Waals surface area contributed by atoms with Crippen molar-refractivity contribution in [3.8, 4) is 11.8 Å². The minimum Gasteiger partial charge on any atom is -0.480 e. The molecule has 2 aromatic carbocycles. The molecule has 0 fully saturated rings. The van der Waals surface area contributed by atoms with Gasteiger partial charge in [-0.25, -0.2) is 0 Å². The van der Waals surface area contributed by atoms with Crippen LogP contribution >= 0.6 is 11.8 Å². The maximum Gasteiger partial charge on any atom is 0.260 e. The van der Waals surface area contributed by atoms with Gasteiger partial charge < -0.3 is 10.1 Å². The molecule has 4 nitrogen and oxygen atoms in total. The molecule has 0 spiro atoms. The van der Waals surface area contributed by atoms with Crippen molar-refractivity contribution >= 4 is 17.7 Å². The van der Waals surface area contributed by atoms with Crippen molar-refractivity contribution < 1.29 is 9.53 Å². The second-order valence-corrected chi connectivity index (χ2v) is 6.49. The molecule has 0 bridgehead atoms. The first kappa shape index (κ1) is 17.9. The summed E-state index contributed by atoms with van der Waals surface area (Å²) in [7, 11) is 0. The van der Waals surface area contributed by atoms with Gasteiger partial charge in [0, 0.05) is 17.2 Å². The van der Waals surface area contributed by atoms with Crippen LogP contribution in [0.25, 0.3) is 0 Å². The lowest BCUT2D eigenvalue weighted by Gasteiger charge is -2.15. The minimum absolute atomic E-state index is 0.188. The summed E-state index contributed by atoms with van der Waals surface area (Å²) in [4.78, 5) is 13.3. The third-order valence-electron chi connectivity index (χ3n) is 3.37. The zero-order valence-electron chi connectivity index (χ0n) is 13.8. The van der Waals surface area contributed by atoms with Gasteiger partial charge in [0.1, 0.15) is 11.8 Å². The Morgan fingerprint density at radius 2 is 1.96 bits per heavy atom. The first-order valence-corrected chi connectivity index (χ1v) is 8.71. The van der Waals surface area contributed by atoms with Crippen molar-refractivity contribution in [2.75, 3.05) is 12.3 Å². The van der Waals surface area contributed by atoms with E-state index in [4.69, 9.17) is 10.00 Å². The lowest BCUT2D eigenvalue weighted by Crippen LogP contribution is -2.37. The fourth-order valence-corrected chi connectivity index (χ4v) is 2.80. The highest BCUT2D eigenvalue weighted by Crippen LogP contribution is 2.19. The summed E-state index contributed by atoms with van der Waals surface area (Å²) in [5.74, 6) is 1.03. The molecule has 0 aliphatic rings. The van der Waals surface area contributed by atoms with Crippen molar-refractivity contribution in [1.29, 1.82) is 5.26 Å². The van der Waals surface area contributed by atoms with E-state index in [0.29, 0.717) is 17.9 Å². The quantitative estimate of drug-likeness (QED) is 0.618. The molecule has 2 aromatic rings. The van der Waals surface area contributed by atoms with Crippen LogP contribution in [-0.4, -0.2) is 24.3 Å². The van der Waals surface area contributed by atoms with Crippen molar-refractivity contribution in [2.24, 2.45) is 0 Å². The number of ether oxygens (including phenoxy) is 1. The van der Waals surface area contributed by atoms with E-state index in [-0.39, 0.29) is 5.91 Å². The number of carbonyl (C=O) groups excluding carboxylic acids is 1. The summed E-state index contributed by atoms with van der Waals surface area (Å²) in [6, 6.07) is 17.2. The van der Waals surface area contributed by atoms with Gasteiger partial charge in [0.2, 0.25) is 0 Å². The largest absolute Gasteiger partial charge is 0.480 e. The highest BCUT2D eigenvalue weighted by Gasteiger charge is 2.15. The fourth-order valence-electron chi connectivity index (χ4n) is 2.03. The van der Waals surface area contributed by atoms with Gasteiger partial charge in [-0.3, -0.25) is 4.79 Å². The van der Waals surface area contributed by atoms with Crippen LogP contribution in [-0.2, 0) is 4.79 Å². The maximum absolute atomic E-state index is 12.1. The average Bonchev–Trinajstić information content (AvgIpc) is 2.60. The third kappa shape index (κ3) is 5.32. The highest BCUT2D eigenvalue weighted by atomic mass is 32.2. The normalized spacial score (nSPS) is 11.4. The van der Waals surface area contributed by atoms with Crippen LogP contribution in [0.15, 0.2) is 53.4 Å². The van der Waals surface area contributed by atoms with Crippen LogP contribution in [0.1, 0.15) is 18.1 Å². The Balaban J connectivity index is 1.75. The zero-order chi connectivity index (χ0) is 17.4. The van der Waals surface area contributed by atoms with Crippen molar-refractivity contribution in [3.63, 3.8) is 0 Å². The minimum atomic E-state index is -0.649. The van der Waals surface area contributed by atoms with Crippen LogP contribution in [0.2, 0.25) is 0 Å². The Morgan fingerprint density at radius 3 is 2.67 bits per heavy atom. The van der Waals surface area contributed by atoms with Gasteiger partial charge in [0.25, 0.3) is 5.91 Å². The van der Waals surface area contributed by atoms with Gasteiger partial charge in [-0.05, 0) is 38.1 Å². The zero-order valence-corrected chi connectivity index (χ0v) is 14.6. The Hall–Kier alpha value is -2.45. The number of thioether (sulfide) groups is 1. The molecule has 0 saturated carbocycles. The smallest absolute Gasteiger partial charge is 0.260 e. The van der Waals surface area contributed by atoms with Crippen LogP contribution in [0.5, 0.6) is 5.75 Å². The molecular weight excluding hydrogens is 320 g/mol. The first-order chi connectivity index (χ1) is 11.6. The average molecular weight is 340 g/mol. The predicted octanol–water partition coefficient (Wildman–Crippen LogP) is 3.54. The van der Waals surface area contributed by atoms with E-state index in [9.17, 15) is 4.79 Å². The molecule has 1 atom stereocenters. The second kappa shape index (κ2) is 8.99. The Labute approximate surface area is 146 Å². The van der Waals surface area contributed by atoms with Crippen molar-refractivity contribution in [3.05, 3.63) is 59.7 Å². The van der Waals surface area contributed by atoms with Crippen LogP contribution < -0.4 is 10.1 Å². The molecule has 0 saturated heterocycles. The number of hydrogen-bond donors (Lipinski definition) is 1. The summed E-state index contributed by atoms with van der Waals surface area (Å²) >= 11 is 1.69. The maximum atomic E-state index is 12.1. The molecule has 124 valence electrons. The molecule has 1 unspecified atom stereocenters. The molecule has 5 heteroatoms. The van der Waals surface area contributed by atoms with E-state index in [2.05, 4.69) is 42.6 Å². The van der Waals surface area contributed by atoms with E-state index in [0.717, 1.165) is 5.75 Å². The van der Waals surface area contributed by atoms with Crippen LogP contribution in [0, 0.1) is 18.3 Å². The summed E-state index contributed by atoms with van der Waals surface area (Å²) in [6.07, 6.45) is -0.649. The lowest BCUT2D eigenvalue weighted by atomic mass is 10.2. The summed E-state index contributed by atoms with van der Waals surface area (Å²) < 4.78 is 5.59. The summed E-state index contributed by atoms with van der Waals surface area (Å²) in [5, 5.41) is 11.9. The highest BCUT2D eigenvalue weighted by molar-refractivity contribution is 7.99. The Kier molecular flexibility index (Phi) is 6.71. The predicted molar refractivity (Wildman–Crippen MR) is 96.2 cm³/mol. The number of hydrogen-bond acceptors (Lipinski definition) is 4. The number of nitrogens with one attached hydrogen (secondary N) is 1. The summed E-state index contributed by atoms with van der Waals surface area (Å²) in [6.45, 7) is 4.29. The molecule has 0 heterocycles. The van der Waals surface area contributed by atoms with Crippen LogP contribution in [0.3, 0.4) is 0 Å². The number of rotatable bonds is 7. The molecule has 0 aliphatic heterocycles. The molecule has 24 heavy (non-hydrogen) atoms.